The van der Waals surface area contributed by atoms with Crippen molar-refractivity contribution in [2.75, 3.05) is 4.90 Å². The quantitative estimate of drug-likeness (QED) is 0.166. The van der Waals surface area contributed by atoms with Crippen LogP contribution in [-0.2, 0) is 5.41 Å². The van der Waals surface area contributed by atoms with Gasteiger partial charge in [0.25, 0.3) is 0 Å². The first-order valence-corrected chi connectivity index (χ1v) is 23.2. The van der Waals surface area contributed by atoms with Crippen LogP contribution < -0.4 is 4.90 Å². The minimum Gasteiger partial charge on any atom is -0.453 e. The van der Waals surface area contributed by atoms with Crippen LogP contribution in [0, 0.1) is 0 Å². The van der Waals surface area contributed by atoms with E-state index in [2.05, 4.69) is 254 Å². The van der Waals surface area contributed by atoms with E-state index < -0.39 is 5.41 Å². The SMILES string of the molecule is c1ccc(-c2cccc3c2oc2c(N(c4ccc(-c5ccc6ccccc6c5)cc4)c4ccc5c(c4)C4(c6ccccc6-c6ccccc64)c4ccccc4-5)ccc(-c4ccccc4)c23)cc1. The molecule has 0 N–H and O–H groups in total. The average molecular weight is 852 g/mol. The van der Waals surface area contributed by atoms with E-state index in [1.165, 1.54) is 60.8 Å². The van der Waals surface area contributed by atoms with Crippen LogP contribution in [0.5, 0.6) is 0 Å². The molecule has 0 amide bonds. The third-order valence-corrected chi connectivity index (χ3v) is 14.5. The largest absolute Gasteiger partial charge is 0.453 e. The molecule has 1 spiro atoms. The van der Waals surface area contributed by atoms with Crippen molar-refractivity contribution in [3.8, 4) is 55.6 Å². The van der Waals surface area contributed by atoms with Gasteiger partial charge in [0.05, 0.1) is 11.1 Å². The van der Waals surface area contributed by atoms with Crippen LogP contribution in [0.2, 0.25) is 0 Å². The van der Waals surface area contributed by atoms with Crippen molar-refractivity contribution in [2.24, 2.45) is 0 Å². The summed E-state index contributed by atoms with van der Waals surface area (Å²) in [6.45, 7) is 0. The highest BCUT2D eigenvalue weighted by molar-refractivity contribution is 6.19. The van der Waals surface area contributed by atoms with Crippen molar-refractivity contribution < 1.29 is 4.42 Å². The van der Waals surface area contributed by atoms with Crippen molar-refractivity contribution in [1.29, 1.82) is 0 Å². The Hall–Kier alpha value is -8.72. The number of furan rings is 1. The molecule has 1 aromatic heterocycles. The number of benzene rings is 11. The number of para-hydroxylation sites is 1. The Bertz CT molecular complexity index is 3860. The number of fused-ring (bicyclic) bond motifs is 14. The fourth-order valence-corrected chi connectivity index (χ4v) is 11.6. The van der Waals surface area contributed by atoms with Gasteiger partial charge in [0, 0.05) is 27.7 Å². The van der Waals surface area contributed by atoms with E-state index in [1.807, 2.05) is 0 Å². The van der Waals surface area contributed by atoms with Gasteiger partial charge in [-0.1, -0.05) is 212 Å². The monoisotopic (exact) mass is 851 g/mol. The molecule has 312 valence electrons. The molecule has 14 rings (SSSR count). The fraction of sp³-hybridized carbons (Fsp3) is 0.0154. The van der Waals surface area contributed by atoms with Crippen LogP contribution in [-0.4, -0.2) is 0 Å². The lowest BCUT2D eigenvalue weighted by molar-refractivity contribution is 0.670. The van der Waals surface area contributed by atoms with Crippen LogP contribution in [0.3, 0.4) is 0 Å². The van der Waals surface area contributed by atoms with E-state index >= 15 is 0 Å². The van der Waals surface area contributed by atoms with Crippen molar-refractivity contribution in [3.05, 3.63) is 271 Å². The summed E-state index contributed by atoms with van der Waals surface area (Å²) in [6, 6.07) is 91.1. The van der Waals surface area contributed by atoms with E-state index in [-0.39, 0.29) is 0 Å². The van der Waals surface area contributed by atoms with Gasteiger partial charge in [-0.05, 0) is 119 Å². The Balaban J connectivity index is 1.04. The Morgan fingerprint density at radius 3 is 1.49 bits per heavy atom. The third kappa shape index (κ3) is 5.51. The molecular formula is C65H41NO. The molecule has 2 aliphatic carbocycles. The Labute approximate surface area is 389 Å². The lowest BCUT2D eigenvalue weighted by Gasteiger charge is -2.32. The molecular weight excluding hydrogens is 811 g/mol. The van der Waals surface area contributed by atoms with Gasteiger partial charge in [-0.25, -0.2) is 0 Å². The highest BCUT2D eigenvalue weighted by Crippen LogP contribution is 2.63. The lowest BCUT2D eigenvalue weighted by atomic mass is 9.70. The van der Waals surface area contributed by atoms with Crippen LogP contribution >= 0.6 is 0 Å². The van der Waals surface area contributed by atoms with Gasteiger partial charge < -0.3 is 9.32 Å². The maximum Gasteiger partial charge on any atom is 0.160 e. The highest BCUT2D eigenvalue weighted by atomic mass is 16.3. The molecule has 0 aliphatic heterocycles. The number of hydrogen-bond acceptors (Lipinski definition) is 2. The smallest absolute Gasteiger partial charge is 0.160 e. The van der Waals surface area contributed by atoms with Gasteiger partial charge >= 0.3 is 0 Å². The van der Waals surface area contributed by atoms with Crippen molar-refractivity contribution >= 4 is 49.8 Å². The van der Waals surface area contributed by atoms with Crippen LogP contribution in [0.15, 0.2) is 253 Å². The highest BCUT2D eigenvalue weighted by Gasteiger charge is 2.51. The molecule has 0 saturated heterocycles. The van der Waals surface area contributed by atoms with E-state index in [1.54, 1.807) is 0 Å². The van der Waals surface area contributed by atoms with Crippen LogP contribution in [0.1, 0.15) is 22.3 Å². The van der Waals surface area contributed by atoms with E-state index in [4.69, 9.17) is 4.42 Å². The molecule has 0 bridgehead atoms. The fourth-order valence-electron chi connectivity index (χ4n) is 11.6. The normalized spacial score (nSPS) is 12.9. The number of nitrogens with zero attached hydrogens (tertiary/aromatic N) is 1. The summed E-state index contributed by atoms with van der Waals surface area (Å²) in [7, 11) is 0. The molecule has 11 aromatic carbocycles. The molecule has 1 heterocycles. The summed E-state index contributed by atoms with van der Waals surface area (Å²) >= 11 is 0. The van der Waals surface area contributed by atoms with Crippen LogP contribution in [0.4, 0.5) is 17.1 Å². The minimum atomic E-state index is -0.489. The first-order chi connectivity index (χ1) is 33.2. The second-order valence-corrected chi connectivity index (χ2v) is 17.9. The van der Waals surface area contributed by atoms with Gasteiger partial charge in [0.15, 0.2) is 5.58 Å². The summed E-state index contributed by atoms with van der Waals surface area (Å²) in [5, 5.41) is 4.65. The van der Waals surface area contributed by atoms with Crippen LogP contribution in [0.25, 0.3) is 88.3 Å². The summed E-state index contributed by atoms with van der Waals surface area (Å²) in [4.78, 5) is 2.43. The second kappa shape index (κ2) is 14.7. The first-order valence-electron chi connectivity index (χ1n) is 23.2. The molecule has 0 atom stereocenters. The zero-order chi connectivity index (χ0) is 44.1. The number of rotatable bonds is 6. The first kappa shape index (κ1) is 37.6. The van der Waals surface area contributed by atoms with E-state index in [9.17, 15) is 0 Å². The predicted octanol–water partition coefficient (Wildman–Crippen LogP) is 17.6. The molecule has 2 nitrogen and oxygen atoms in total. The molecule has 2 aliphatic rings. The van der Waals surface area contributed by atoms with Gasteiger partial charge in [-0.2, -0.15) is 0 Å². The molecule has 0 saturated carbocycles. The number of anilines is 3. The van der Waals surface area contributed by atoms with Crippen molar-refractivity contribution in [1.82, 2.24) is 0 Å². The number of hydrogen-bond donors (Lipinski definition) is 0. The minimum absolute atomic E-state index is 0.489. The summed E-state index contributed by atoms with van der Waals surface area (Å²) in [5.74, 6) is 0. The molecule has 2 heteroatoms. The van der Waals surface area contributed by atoms with Gasteiger partial charge in [-0.15, -0.1) is 0 Å². The average Bonchev–Trinajstić information content (AvgIpc) is 4.04. The standard InChI is InChI=1S/C65H41NO/c1-3-17-44(18-4-1)50-38-39-61(64-62(50)56-26-15-25-51(63(56)67-64)45-19-5-2-6-20-45)66(48-34-32-43(33-35-48)47-31-30-42-16-7-8-21-46(42)40-47)49-36-37-55-54-24-11-14-29-59(54)65(60(55)41-49)57-27-12-9-22-52(57)53-23-10-13-28-58(53)65/h1-41H. The predicted molar refractivity (Wildman–Crippen MR) is 279 cm³/mol. The maximum atomic E-state index is 7.38. The molecule has 67 heavy (non-hydrogen) atoms. The Morgan fingerprint density at radius 1 is 0.299 bits per heavy atom. The van der Waals surface area contributed by atoms with E-state index in [0.29, 0.717) is 0 Å². The van der Waals surface area contributed by atoms with Gasteiger partial charge in [0.1, 0.15) is 5.58 Å². The Morgan fingerprint density at radius 2 is 0.821 bits per heavy atom. The second-order valence-electron chi connectivity index (χ2n) is 17.9. The van der Waals surface area contributed by atoms with E-state index in [0.717, 1.165) is 66.8 Å². The Kier molecular flexibility index (Phi) is 8.23. The summed E-state index contributed by atoms with van der Waals surface area (Å²) in [6.07, 6.45) is 0. The van der Waals surface area contributed by atoms with Crippen molar-refractivity contribution in [2.45, 2.75) is 5.41 Å². The summed E-state index contributed by atoms with van der Waals surface area (Å²) < 4.78 is 7.38. The molecule has 0 radical (unpaired) electrons. The summed E-state index contributed by atoms with van der Waals surface area (Å²) in [5.41, 5.74) is 21.5. The van der Waals surface area contributed by atoms with Crippen molar-refractivity contribution in [3.63, 3.8) is 0 Å². The zero-order valence-corrected chi connectivity index (χ0v) is 36.5. The molecule has 0 fully saturated rings. The molecule has 0 unspecified atom stereocenters. The van der Waals surface area contributed by atoms with Gasteiger partial charge in [-0.3, -0.25) is 0 Å². The maximum absolute atomic E-state index is 7.38. The molecule has 12 aromatic rings. The lowest BCUT2D eigenvalue weighted by Crippen LogP contribution is -2.26. The zero-order valence-electron chi connectivity index (χ0n) is 36.5. The van der Waals surface area contributed by atoms with Gasteiger partial charge in [0.2, 0.25) is 0 Å². The third-order valence-electron chi connectivity index (χ3n) is 14.5. The topological polar surface area (TPSA) is 16.4 Å².